The molecule has 0 aromatic heterocycles. The third-order valence-corrected chi connectivity index (χ3v) is 4.58. The molecule has 1 atom stereocenters. The van der Waals surface area contributed by atoms with Crippen LogP contribution in [0.15, 0.2) is 24.3 Å². The summed E-state index contributed by atoms with van der Waals surface area (Å²) in [5.74, 6) is 0.830. The standard InChI is InChI=1S/C17H21ClN2O3/c18-13-4-3-5-14(10-13)23-15-7-9-20(11-15)17(22)12-19-8-2-1-6-16(19)21/h3-5,10,15H,1-2,6-9,11-12H2/t15-/m0/s1. The van der Waals surface area contributed by atoms with Crippen molar-refractivity contribution in [3.63, 3.8) is 0 Å². The van der Waals surface area contributed by atoms with Gasteiger partial charge in [0.25, 0.3) is 0 Å². The molecule has 1 aromatic carbocycles. The zero-order chi connectivity index (χ0) is 16.2. The van der Waals surface area contributed by atoms with Crippen LogP contribution in [0.4, 0.5) is 0 Å². The van der Waals surface area contributed by atoms with Crippen molar-refractivity contribution in [2.45, 2.75) is 31.8 Å². The monoisotopic (exact) mass is 336 g/mol. The number of carbonyl (C=O) groups is 2. The van der Waals surface area contributed by atoms with Crippen LogP contribution in [0, 0.1) is 0 Å². The molecular weight excluding hydrogens is 316 g/mol. The molecule has 2 fully saturated rings. The fraction of sp³-hybridized carbons (Fsp3) is 0.529. The van der Waals surface area contributed by atoms with Crippen LogP contribution in [0.25, 0.3) is 0 Å². The van der Waals surface area contributed by atoms with E-state index >= 15 is 0 Å². The van der Waals surface area contributed by atoms with Gasteiger partial charge in [-0.3, -0.25) is 9.59 Å². The van der Waals surface area contributed by atoms with E-state index in [0.29, 0.717) is 31.1 Å². The zero-order valence-corrected chi connectivity index (χ0v) is 13.8. The fourth-order valence-corrected chi connectivity index (χ4v) is 3.26. The van der Waals surface area contributed by atoms with E-state index in [1.165, 1.54) is 0 Å². The molecule has 2 aliphatic rings. The average molecular weight is 337 g/mol. The Bertz CT molecular complexity index is 593. The molecule has 23 heavy (non-hydrogen) atoms. The summed E-state index contributed by atoms with van der Waals surface area (Å²) in [7, 11) is 0. The molecule has 2 aliphatic heterocycles. The molecular formula is C17H21ClN2O3. The van der Waals surface area contributed by atoms with Crippen molar-refractivity contribution in [1.82, 2.24) is 9.80 Å². The summed E-state index contributed by atoms with van der Waals surface area (Å²) in [4.78, 5) is 27.6. The first-order valence-electron chi connectivity index (χ1n) is 8.09. The van der Waals surface area contributed by atoms with Gasteiger partial charge in [0.15, 0.2) is 0 Å². The first kappa shape index (κ1) is 16.1. The second kappa shape index (κ2) is 7.21. The maximum absolute atomic E-state index is 12.4. The van der Waals surface area contributed by atoms with Gasteiger partial charge in [-0.25, -0.2) is 0 Å². The third kappa shape index (κ3) is 4.16. The number of nitrogens with zero attached hydrogens (tertiary/aromatic N) is 2. The van der Waals surface area contributed by atoms with Crippen molar-refractivity contribution < 1.29 is 14.3 Å². The van der Waals surface area contributed by atoms with Gasteiger partial charge < -0.3 is 14.5 Å². The van der Waals surface area contributed by atoms with Crippen LogP contribution in [0.2, 0.25) is 5.02 Å². The van der Waals surface area contributed by atoms with E-state index in [2.05, 4.69) is 0 Å². The molecule has 2 amide bonds. The molecule has 2 saturated heterocycles. The SMILES string of the molecule is O=C1CCCCN1CC(=O)N1CC[C@H](Oc2cccc(Cl)c2)C1. The van der Waals surface area contributed by atoms with Gasteiger partial charge in [0.2, 0.25) is 11.8 Å². The Morgan fingerprint density at radius 2 is 2.17 bits per heavy atom. The van der Waals surface area contributed by atoms with Crippen LogP contribution in [0.5, 0.6) is 5.75 Å². The highest BCUT2D eigenvalue weighted by Crippen LogP contribution is 2.22. The Balaban J connectivity index is 1.50. The highest BCUT2D eigenvalue weighted by molar-refractivity contribution is 6.30. The Labute approximate surface area is 141 Å². The number of ether oxygens (including phenoxy) is 1. The lowest BCUT2D eigenvalue weighted by Crippen LogP contribution is -2.44. The van der Waals surface area contributed by atoms with Gasteiger partial charge in [-0.2, -0.15) is 0 Å². The molecule has 0 saturated carbocycles. The first-order chi connectivity index (χ1) is 11.1. The summed E-state index contributed by atoms with van der Waals surface area (Å²) in [6.45, 7) is 2.13. The summed E-state index contributed by atoms with van der Waals surface area (Å²) in [5.41, 5.74) is 0. The molecule has 0 N–H and O–H groups in total. The lowest BCUT2D eigenvalue weighted by atomic mass is 10.1. The summed E-state index contributed by atoms with van der Waals surface area (Å²) in [5, 5.41) is 0.636. The maximum atomic E-state index is 12.4. The minimum absolute atomic E-state index is 0.0115. The van der Waals surface area contributed by atoms with Crippen LogP contribution >= 0.6 is 11.6 Å². The number of piperidine rings is 1. The summed E-state index contributed by atoms with van der Waals surface area (Å²) in [6, 6.07) is 7.28. The second-order valence-corrected chi connectivity index (χ2v) is 6.53. The Morgan fingerprint density at radius 1 is 1.30 bits per heavy atom. The van der Waals surface area contributed by atoms with E-state index in [9.17, 15) is 9.59 Å². The molecule has 0 radical (unpaired) electrons. The lowest BCUT2D eigenvalue weighted by Gasteiger charge is -2.28. The van der Waals surface area contributed by atoms with Crippen molar-refractivity contribution in [2.24, 2.45) is 0 Å². The molecule has 124 valence electrons. The van der Waals surface area contributed by atoms with Gasteiger partial charge >= 0.3 is 0 Å². The van der Waals surface area contributed by atoms with E-state index in [1.807, 2.05) is 12.1 Å². The molecule has 1 aromatic rings. The van der Waals surface area contributed by atoms with Gasteiger partial charge in [-0.05, 0) is 31.0 Å². The van der Waals surface area contributed by atoms with E-state index < -0.39 is 0 Å². The predicted octanol–water partition coefficient (Wildman–Crippen LogP) is 2.33. The third-order valence-electron chi connectivity index (χ3n) is 4.34. The molecule has 0 spiro atoms. The van der Waals surface area contributed by atoms with Gasteiger partial charge in [0.05, 0.1) is 13.1 Å². The molecule has 0 aliphatic carbocycles. The summed E-state index contributed by atoms with van der Waals surface area (Å²) in [6.07, 6.45) is 3.26. The number of likely N-dealkylation sites (tertiary alicyclic amines) is 2. The predicted molar refractivity (Wildman–Crippen MR) is 87.5 cm³/mol. The zero-order valence-electron chi connectivity index (χ0n) is 13.0. The molecule has 0 unspecified atom stereocenters. The highest BCUT2D eigenvalue weighted by atomic mass is 35.5. The fourth-order valence-electron chi connectivity index (χ4n) is 3.08. The van der Waals surface area contributed by atoms with E-state index in [-0.39, 0.29) is 24.5 Å². The smallest absolute Gasteiger partial charge is 0.242 e. The first-order valence-corrected chi connectivity index (χ1v) is 8.47. The lowest BCUT2D eigenvalue weighted by molar-refractivity contribution is -0.141. The number of amides is 2. The Hall–Kier alpha value is -1.75. The number of hydrogen-bond donors (Lipinski definition) is 0. The number of hydrogen-bond acceptors (Lipinski definition) is 3. The van der Waals surface area contributed by atoms with Gasteiger partial charge in [0.1, 0.15) is 11.9 Å². The Morgan fingerprint density at radius 3 is 2.96 bits per heavy atom. The second-order valence-electron chi connectivity index (χ2n) is 6.10. The molecule has 0 bridgehead atoms. The molecule has 6 heteroatoms. The number of benzene rings is 1. The van der Waals surface area contributed by atoms with Crippen LogP contribution in [-0.4, -0.2) is 53.9 Å². The average Bonchev–Trinajstić information content (AvgIpc) is 2.98. The summed E-state index contributed by atoms with van der Waals surface area (Å²) < 4.78 is 5.89. The van der Waals surface area contributed by atoms with Crippen molar-refractivity contribution in [3.8, 4) is 5.75 Å². The maximum Gasteiger partial charge on any atom is 0.242 e. The van der Waals surface area contributed by atoms with Gasteiger partial charge in [-0.15, -0.1) is 0 Å². The normalized spacial score (nSPS) is 21.6. The van der Waals surface area contributed by atoms with E-state index in [1.54, 1.807) is 21.9 Å². The molecule has 3 rings (SSSR count). The highest BCUT2D eigenvalue weighted by Gasteiger charge is 2.30. The van der Waals surface area contributed by atoms with E-state index in [0.717, 1.165) is 25.0 Å². The van der Waals surface area contributed by atoms with Crippen LogP contribution in [0.3, 0.4) is 0 Å². The van der Waals surface area contributed by atoms with Crippen molar-refractivity contribution in [3.05, 3.63) is 29.3 Å². The van der Waals surface area contributed by atoms with Crippen molar-refractivity contribution in [2.75, 3.05) is 26.2 Å². The number of rotatable bonds is 4. The number of carbonyl (C=O) groups excluding carboxylic acids is 2. The van der Waals surface area contributed by atoms with Crippen LogP contribution in [0.1, 0.15) is 25.7 Å². The topological polar surface area (TPSA) is 49.9 Å². The van der Waals surface area contributed by atoms with Crippen LogP contribution < -0.4 is 4.74 Å². The van der Waals surface area contributed by atoms with Gasteiger partial charge in [0, 0.05) is 31.0 Å². The quantitative estimate of drug-likeness (QED) is 0.848. The van der Waals surface area contributed by atoms with Crippen molar-refractivity contribution in [1.29, 1.82) is 0 Å². The minimum atomic E-state index is -0.0190. The molecule has 5 nitrogen and oxygen atoms in total. The van der Waals surface area contributed by atoms with E-state index in [4.69, 9.17) is 16.3 Å². The summed E-state index contributed by atoms with van der Waals surface area (Å²) >= 11 is 5.95. The van der Waals surface area contributed by atoms with Crippen LogP contribution in [-0.2, 0) is 9.59 Å². The number of halogens is 1. The Kier molecular flexibility index (Phi) is 5.06. The minimum Gasteiger partial charge on any atom is -0.488 e. The van der Waals surface area contributed by atoms with Crippen molar-refractivity contribution >= 4 is 23.4 Å². The molecule has 2 heterocycles. The van der Waals surface area contributed by atoms with Gasteiger partial charge in [-0.1, -0.05) is 17.7 Å². The largest absolute Gasteiger partial charge is 0.488 e.